The fourth-order valence-electron chi connectivity index (χ4n) is 3.63. The van der Waals surface area contributed by atoms with E-state index >= 15 is 0 Å². The third kappa shape index (κ3) is 5.70. The van der Waals surface area contributed by atoms with Gasteiger partial charge < -0.3 is 5.32 Å². The van der Waals surface area contributed by atoms with Crippen LogP contribution in [-0.4, -0.2) is 49.5 Å². The lowest BCUT2D eigenvalue weighted by atomic mass is 9.78. The highest BCUT2D eigenvalue weighted by Crippen LogP contribution is 2.32. The second-order valence-electron chi connectivity index (χ2n) is 7.81. The number of nitrogens with zero attached hydrogens (tertiary/aromatic N) is 2. The van der Waals surface area contributed by atoms with E-state index in [2.05, 4.69) is 5.32 Å². The second-order valence-corrected chi connectivity index (χ2v) is 10.9. The number of rotatable bonds is 10. The van der Waals surface area contributed by atoms with Gasteiger partial charge in [-0.15, -0.1) is 11.3 Å². The van der Waals surface area contributed by atoms with Gasteiger partial charge in [0.2, 0.25) is 15.9 Å². The molecule has 1 heterocycles. The maximum absolute atomic E-state index is 13.3. The Morgan fingerprint density at radius 3 is 2.45 bits per heavy atom. The minimum atomic E-state index is -3.23. The van der Waals surface area contributed by atoms with Crippen LogP contribution in [0.25, 0.3) is 10.2 Å². The summed E-state index contributed by atoms with van der Waals surface area (Å²) in [6.07, 6.45) is 2.25. The zero-order valence-electron chi connectivity index (χ0n) is 18.2. The second kappa shape index (κ2) is 9.89. The molecule has 0 spiro atoms. The molecular weight excluding hydrogens is 430 g/mol. The van der Waals surface area contributed by atoms with E-state index in [1.54, 1.807) is 11.3 Å². The summed E-state index contributed by atoms with van der Waals surface area (Å²) in [5, 5.41) is 3.94. The van der Waals surface area contributed by atoms with Crippen LogP contribution in [0.15, 0.2) is 54.6 Å². The number of aromatic nitrogens is 1. The number of hydrogen-bond donors (Lipinski definition) is 1. The average Bonchev–Trinajstić information content (AvgIpc) is 3.15. The number of amides is 1. The maximum Gasteiger partial charge on any atom is 0.230 e. The van der Waals surface area contributed by atoms with Crippen molar-refractivity contribution < 1.29 is 13.2 Å². The molecule has 166 valence electrons. The average molecular weight is 460 g/mol. The lowest BCUT2D eigenvalue weighted by molar-refractivity contribution is -0.126. The lowest BCUT2D eigenvalue weighted by Crippen LogP contribution is -2.44. The summed E-state index contributed by atoms with van der Waals surface area (Å²) in [6, 6.07) is 17.7. The monoisotopic (exact) mass is 459 g/mol. The summed E-state index contributed by atoms with van der Waals surface area (Å²) in [5.41, 5.74) is 1.09. The summed E-state index contributed by atoms with van der Waals surface area (Å²) in [4.78, 5) is 18.1. The van der Waals surface area contributed by atoms with Gasteiger partial charge in [-0.3, -0.25) is 4.79 Å². The molecule has 3 rings (SSSR count). The molecule has 6 nitrogen and oxygen atoms in total. The number of thiazole rings is 1. The van der Waals surface area contributed by atoms with Crippen LogP contribution >= 0.6 is 11.3 Å². The van der Waals surface area contributed by atoms with E-state index < -0.39 is 15.4 Å². The van der Waals surface area contributed by atoms with E-state index in [-0.39, 0.29) is 5.91 Å². The largest absolute Gasteiger partial charge is 0.355 e. The maximum atomic E-state index is 13.3. The normalized spacial score (nSPS) is 13.9. The van der Waals surface area contributed by atoms with Crippen molar-refractivity contribution in [3.8, 4) is 0 Å². The van der Waals surface area contributed by atoms with Gasteiger partial charge in [-0.05, 0) is 31.0 Å². The third-order valence-electron chi connectivity index (χ3n) is 5.45. The number of sulfonamides is 1. The van der Waals surface area contributed by atoms with Crippen molar-refractivity contribution in [2.75, 3.05) is 25.9 Å². The predicted octanol–water partition coefficient (Wildman–Crippen LogP) is 3.58. The smallest absolute Gasteiger partial charge is 0.230 e. The first-order valence-corrected chi connectivity index (χ1v) is 13.0. The van der Waals surface area contributed by atoms with Crippen LogP contribution in [0.1, 0.15) is 30.8 Å². The van der Waals surface area contributed by atoms with Gasteiger partial charge in [0, 0.05) is 26.1 Å². The number of para-hydroxylation sites is 1. The molecule has 0 saturated carbocycles. The van der Waals surface area contributed by atoms with Crippen molar-refractivity contribution in [2.45, 2.75) is 32.1 Å². The number of carbonyl (C=O) groups excluding carboxylic acids is 1. The Morgan fingerprint density at radius 1 is 1.13 bits per heavy atom. The summed E-state index contributed by atoms with van der Waals surface area (Å²) >= 11 is 1.61. The molecule has 3 aromatic rings. The van der Waals surface area contributed by atoms with Crippen LogP contribution in [0.2, 0.25) is 0 Å². The Bertz CT molecular complexity index is 1100. The highest BCUT2D eigenvalue weighted by Gasteiger charge is 2.36. The number of benzene rings is 2. The number of hydrogen-bond acceptors (Lipinski definition) is 5. The lowest BCUT2D eigenvalue weighted by Gasteiger charge is -2.28. The summed E-state index contributed by atoms with van der Waals surface area (Å²) in [5.74, 6) is -0.0830. The van der Waals surface area contributed by atoms with E-state index in [0.717, 1.165) is 20.8 Å². The number of nitrogens with one attached hydrogen (secondary N) is 1. The summed E-state index contributed by atoms with van der Waals surface area (Å²) in [7, 11) is -3.23. The van der Waals surface area contributed by atoms with Crippen LogP contribution in [-0.2, 0) is 26.7 Å². The molecular formula is C23H29N3O3S2. The molecule has 0 aliphatic rings. The van der Waals surface area contributed by atoms with Crippen LogP contribution in [0.3, 0.4) is 0 Å². The Balaban J connectivity index is 1.74. The van der Waals surface area contributed by atoms with Gasteiger partial charge in [0.05, 0.1) is 26.9 Å². The van der Waals surface area contributed by atoms with E-state index in [4.69, 9.17) is 4.98 Å². The molecule has 0 saturated heterocycles. The SMILES string of the molecule is CCN(CCCNC(=O)C(C)(Cc1nc2ccccc2s1)c1ccccc1)S(C)(=O)=O. The van der Waals surface area contributed by atoms with Gasteiger partial charge in [-0.2, -0.15) is 0 Å². The molecule has 1 atom stereocenters. The first-order chi connectivity index (χ1) is 14.7. The first kappa shape index (κ1) is 23.4. The quantitative estimate of drug-likeness (QED) is 0.470. The fourth-order valence-corrected chi connectivity index (χ4v) is 5.68. The number of fused-ring (bicyclic) bond motifs is 1. The molecule has 2 aromatic carbocycles. The molecule has 0 aliphatic heterocycles. The minimum Gasteiger partial charge on any atom is -0.355 e. The van der Waals surface area contributed by atoms with Gasteiger partial charge in [0.1, 0.15) is 0 Å². The Hall–Kier alpha value is -2.29. The molecule has 1 amide bonds. The van der Waals surface area contributed by atoms with Crippen LogP contribution in [0.4, 0.5) is 0 Å². The van der Waals surface area contributed by atoms with Crippen molar-refractivity contribution >= 4 is 37.5 Å². The molecule has 1 aromatic heterocycles. The third-order valence-corrected chi connectivity index (χ3v) is 7.86. The highest BCUT2D eigenvalue weighted by molar-refractivity contribution is 7.88. The minimum absolute atomic E-state index is 0.0830. The van der Waals surface area contributed by atoms with Crippen molar-refractivity contribution in [3.05, 3.63) is 65.2 Å². The van der Waals surface area contributed by atoms with Crippen molar-refractivity contribution in [1.82, 2.24) is 14.6 Å². The van der Waals surface area contributed by atoms with Gasteiger partial charge in [0.15, 0.2) is 0 Å². The molecule has 1 unspecified atom stereocenters. The van der Waals surface area contributed by atoms with Crippen molar-refractivity contribution in [3.63, 3.8) is 0 Å². The predicted molar refractivity (Wildman–Crippen MR) is 127 cm³/mol. The summed E-state index contributed by atoms with van der Waals surface area (Å²) < 4.78 is 26.0. The Labute approximate surface area is 188 Å². The molecule has 0 aliphatic carbocycles. The standard InChI is InChI=1S/C23H29N3O3S2/c1-4-26(31(3,28)29)16-10-15-24-22(27)23(2,18-11-6-5-7-12-18)17-21-25-19-13-8-9-14-20(19)30-21/h5-9,11-14H,4,10,15-17H2,1-3H3,(H,24,27). The van der Waals surface area contributed by atoms with Crippen LogP contribution in [0.5, 0.6) is 0 Å². The van der Waals surface area contributed by atoms with Gasteiger partial charge in [0.25, 0.3) is 0 Å². The van der Waals surface area contributed by atoms with Gasteiger partial charge in [-0.1, -0.05) is 49.4 Å². The topological polar surface area (TPSA) is 79.4 Å². The molecule has 0 radical (unpaired) electrons. The van der Waals surface area contributed by atoms with Gasteiger partial charge >= 0.3 is 0 Å². The van der Waals surface area contributed by atoms with E-state index in [1.807, 2.05) is 68.4 Å². The van der Waals surface area contributed by atoms with Crippen molar-refractivity contribution in [2.24, 2.45) is 0 Å². The Morgan fingerprint density at radius 2 is 1.81 bits per heavy atom. The molecule has 31 heavy (non-hydrogen) atoms. The van der Waals surface area contributed by atoms with Gasteiger partial charge in [-0.25, -0.2) is 17.7 Å². The molecule has 8 heteroatoms. The number of carbonyl (C=O) groups is 1. The fraction of sp³-hybridized carbons (Fsp3) is 0.391. The Kier molecular flexibility index (Phi) is 7.46. The highest BCUT2D eigenvalue weighted by atomic mass is 32.2. The molecule has 0 fully saturated rings. The van der Waals surface area contributed by atoms with E-state index in [1.165, 1.54) is 10.6 Å². The van der Waals surface area contributed by atoms with E-state index in [9.17, 15) is 13.2 Å². The first-order valence-electron chi connectivity index (χ1n) is 10.4. The molecule has 0 bridgehead atoms. The van der Waals surface area contributed by atoms with Crippen molar-refractivity contribution in [1.29, 1.82) is 0 Å². The van der Waals surface area contributed by atoms with E-state index in [0.29, 0.717) is 32.5 Å². The zero-order chi connectivity index (χ0) is 22.5. The molecule has 1 N–H and O–H groups in total. The zero-order valence-corrected chi connectivity index (χ0v) is 19.8. The van der Waals surface area contributed by atoms with Crippen LogP contribution < -0.4 is 5.32 Å². The van der Waals surface area contributed by atoms with Crippen LogP contribution in [0, 0.1) is 0 Å². The summed E-state index contributed by atoms with van der Waals surface area (Å²) in [6.45, 7) is 4.97.